The molecule has 0 saturated heterocycles. The quantitative estimate of drug-likeness (QED) is 0.416. The first-order valence-electron chi connectivity index (χ1n) is 10.3. The molecule has 2 aromatic heterocycles. The van der Waals surface area contributed by atoms with Crippen LogP contribution in [0, 0.1) is 6.92 Å². The van der Waals surface area contributed by atoms with Crippen LogP contribution in [0.5, 0.6) is 5.75 Å². The predicted molar refractivity (Wildman–Crippen MR) is 124 cm³/mol. The van der Waals surface area contributed by atoms with Gasteiger partial charge >= 0.3 is 0 Å². The number of carbonyl (C=O) groups is 1. The van der Waals surface area contributed by atoms with E-state index in [0.717, 1.165) is 28.1 Å². The molecule has 4 rings (SSSR count). The minimum atomic E-state index is -0.137. The zero-order valence-electron chi connectivity index (χ0n) is 18.7. The van der Waals surface area contributed by atoms with Gasteiger partial charge in [0.25, 0.3) is 6.01 Å². The van der Waals surface area contributed by atoms with Crippen LogP contribution in [0.4, 0.5) is 11.7 Å². The molecule has 3 N–H and O–H groups in total. The van der Waals surface area contributed by atoms with Crippen molar-refractivity contribution in [1.82, 2.24) is 14.9 Å². The number of rotatable bonds is 8. The molecule has 4 aromatic rings. The number of benzene rings is 2. The second kappa shape index (κ2) is 9.58. The van der Waals surface area contributed by atoms with E-state index in [4.69, 9.17) is 19.3 Å². The summed E-state index contributed by atoms with van der Waals surface area (Å²) in [6.45, 7) is 2.22. The first-order chi connectivity index (χ1) is 16.0. The molecule has 9 heteroatoms. The number of ether oxygens (including phenoxy) is 1. The fourth-order valence-corrected chi connectivity index (χ4v) is 3.40. The first kappa shape index (κ1) is 22.1. The molecule has 2 heterocycles. The number of methoxy groups -OCH3 is 1. The Morgan fingerprint density at radius 3 is 2.67 bits per heavy atom. The Labute approximate surface area is 191 Å². The molecule has 0 aliphatic heterocycles. The molecule has 33 heavy (non-hydrogen) atoms. The summed E-state index contributed by atoms with van der Waals surface area (Å²) in [5.74, 6) is 2.26. The summed E-state index contributed by atoms with van der Waals surface area (Å²) in [4.78, 5) is 22.1. The third kappa shape index (κ3) is 4.88. The number of anilines is 2. The summed E-state index contributed by atoms with van der Waals surface area (Å²) < 4.78 is 17.1. The Morgan fingerprint density at radius 2 is 1.94 bits per heavy atom. The van der Waals surface area contributed by atoms with Gasteiger partial charge in [0.1, 0.15) is 11.5 Å². The van der Waals surface area contributed by atoms with Gasteiger partial charge in [-0.2, -0.15) is 0 Å². The van der Waals surface area contributed by atoms with E-state index in [1.165, 1.54) is 0 Å². The Morgan fingerprint density at radius 1 is 1.12 bits per heavy atom. The van der Waals surface area contributed by atoms with Crippen molar-refractivity contribution in [3.8, 4) is 28.5 Å². The molecule has 9 nitrogen and oxygen atoms in total. The second-order valence-corrected chi connectivity index (χ2v) is 7.46. The summed E-state index contributed by atoms with van der Waals surface area (Å²) >= 11 is 0. The number of nitrogens with one attached hydrogen (secondary N) is 1. The lowest BCUT2D eigenvalue weighted by Crippen LogP contribution is -2.32. The lowest BCUT2D eigenvalue weighted by atomic mass is 10.1. The molecule has 0 unspecified atom stereocenters. The number of nitrogens with two attached hydrogens (primary N) is 1. The zero-order valence-corrected chi connectivity index (χ0v) is 18.7. The SMILES string of the molecule is COc1cc(Nc2ncc(-c3ccccc3CN(C)C(=O)CN)o2)ccc1-c1ncc(C)o1. The van der Waals surface area contributed by atoms with Crippen molar-refractivity contribution in [2.24, 2.45) is 5.73 Å². The molecule has 2 aromatic carbocycles. The minimum absolute atomic E-state index is 0.0348. The molecule has 0 spiro atoms. The number of hydrogen-bond acceptors (Lipinski definition) is 8. The molecule has 0 bridgehead atoms. The normalized spacial score (nSPS) is 10.8. The summed E-state index contributed by atoms with van der Waals surface area (Å²) in [5.41, 5.74) is 8.72. The van der Waals surface area contributed by atoms with E-state index in [0.29, 0.717) is 30.0 Å². The minimum Gasteiger partial charge on any atom is -0.496 e. The van der Waals surface area contributed by atoms with Gasteiger partial charge in [-0.15, -0.1) is 0 Å². The maximum absolute atomic E-state index is 11.9. The largest absolute Gasteiger partial charge is 0.496 e. The van der Waals surface area contributed by atoms with E-state index in [9.17, 15) is 4.79 Å². The molecule has 0 saturated carbocycles. The van der Waals surface area contributed by atoms with Crippen LogP contribution in [-0.4, -0.2) is 41.5 Å². The van der Waals surface area contributed by atoms with E-state index in [1.807, 2.05) is 49.4 Å². The Bertz CT molecular complexity index is 1260. The lowest BCUT2D eigenvalue weighted by Gasteiger charge is -2.17. The van der Waals surface area contributed by atoms with Gasteiger partial charge in [-0.3, -0.25) is 4.79 Å². The monoisotopic (exact) mass is 447 g/mol. The fraction of sp³-hybridized carbons (Fsp3) is 0.208. The van der Waals surface area contributed by atoms with E-state index < -0.39 is 0 Å². The maximum atomic E-state index is 11.9. The first-order valence-corrected chi connectivity index (χ1v) is 10.3. The standard InChI is InChI=1S/C24H25N5O4/c1-15-12-26-23(32-15)19-9-8-17(10-20(19)31-3)28-24-27-13-21(33-24)18-7-5-4-6-16(18)14-29(2)22(30)11-25/h4-10,12-13H,11,14,25H2,1-3H3,(H,27,28). The predicted octanol–water partition coefficient (Wildman–Crippen LogP) is 3.97. The van der Waals surface area contributed by atoms with Crippen molar-refractivity contribution < 1.29 is 18.4 Å². The lowest BCUT2D eigenvalue weighted by molar-refractivity contribution is -0.128. The summed E-state index contributed by atoms with van der Waals surface area (Å²) in [7, 11) is 3.31. The van der Waals surface area contributed by atoms with E-state index in [-0.39, 0.29) is 12.5 Å². The number of carbonyl (C=O) groups excluding carboxylic acids is 1. The van der Waals surface area contributed by atoms with Gasteiger partial charge in [0.15, 0.2) is 5.76 Å². The Hall–Kier alpha value is -4.11. The molecular formula is C24H25N5O4. The van der Waals surface area contributed by atoms with Gasteiger partial charge in [0.2, 0.25) is 11.8 Å². The van der Waals surface area contributed by atoms with Gasteiger partial charge in [-0.1, -0.05) is 24.3 Å². The van der Waals surface area contributed by atoms with Crippen molar-refractivity contribution >= 4 is 17.6 Å². The Kier molecular flexibility index (Phi) is 6.41. The third-order valence-corrected chi connectivity index (χ3v) is 5.10. The number of amides is 1. The maximum Gasteiger partial charge on any atom is 0.299 e. The number of aromatic nitrogens is 2. The molecule has 170 valence electrons. The highest BCUT2D eigenvalue weighted by atomic mass is 16.5. The average Bonchev–Trinajstić information content (AvgIpc) is 3.47. The van der Waals surface area contributed by atoms with Gasteiger partial charge in [-0.25, -0.2) is 9.97 Å². The van der Waals surface area contributed by atoms with Gasteiger partial charge in [-0.05, 0) is 24.6 Å². The third-order valence-electron chi connectivity index (χ3n) is 5.10. The van der Waals surface area contributed by atoms with Crippen molar-refractivity contribution in [3.05, 3.63) is 66.2 Å². The summed E-state index contributed by atoms with van der Waals surface area (Å²) in [5, 5.41) is 3.15. The van der Waals surface area contributed by atoms with Gasteiger partial charge < -0.3 is 29.5 Å². The number of nitrogens with zero attached hydrogens (tertiary/aromatic N) is 3. The van der Waals surface area contributed by atoms with Crippen LogP contribution in [0.3, 0.4) is 0 Å². The molecular weight excluding hydrogens is 422 g/mol. The molecule has 1 amide bonds. The fourth-order valence-electron chi connectivity index (χ4n) is 3.40. The topological polar surface area (TPSA) is 120 Å². The van der Waals surface area contributed by atoms with E-state index >= 15 is 0 Å². The molecule has 0 radical (unpaired) electrons. The van der Waals surface area contributed by atoms with Crippen molar-refractivity contribution in [2.45, 2.75) is 13.5 Å². The van der Waals surface area contributed by atoms with Gasteiger partial charge in [0, 0.05) is 30.9 Å². The van der Waals surface area contributed by atoms with Crippen molar-refractivity contribution in [2.75, 3.05) is 26.0 Å². The zero-order chi connectivity index (χ0) is 23.4. The molecule has 0 atom stereocenters. The highest BCUT2D eigenvalue weighted by Gasteiger charge is 2.16. The van der Waals surface area contributed by atoms with Crippen LogP contribution in [0.15, 0.2) is 63.7 Å². The van der Waals surface area contributed by atoms with Crippen LogP contribution in [0.1, 0.15) is 11.3 Å². The van der Waals surface area contributed by atoms with Crippen LogP contribution in [0.2, 0.25) is 0 Å². The highest BCUT2D eigenvalue weighted by Crippen LogP contribution is 2.34. The second-order valence-electron chi connectivity index (χ2n) is 7.46. The molecule has 0 aliphatic rings. The molecule has 0 fully saturated rings. The number of likely N-dealkylation sites (N-methyl/N-ethyl adjacent to an activating group) is 1. The number of oxazole rings is 2. The number of hydrogen-bond donors (Lipinski definition) is 2. The van der Waals surface area contributed by atoms with Crippen LogP contribution in [-0.2, 0) is 11.3 Å². The van der Waals surface area contributed by atoms with Crippen molar-refractivity contribution in [1.29, 1.82) is 0 Å². The number of aryl methyl sites for hydroxylation is 1. The van der Waals surface area contributed by atoms with Gasteiger partial charge in [0.05, 0.1) is 31.6 Å². The van der Waals surface area contributed by atoms with Crippen LogP contribution >= 0.6 is 0 Å². The summed E-state index contributed by atoms with van der Waals surface area (Å²) in [6, 6.07) is 13.6. The highest BCUT2D eigenvalue weighted by molar-refractivity contribution is 5.78. The van der Waals surface area contributed by atoms with E-state index in [2.05, 4.69) is 15.3 Å². The Balaban J connectivity index is 1.55. The summed E-state index contributed by atoms with van der Waals surface area (Å²) in [6.07, 6.45) is 3.31. The van der Waals surface area contributed by atoms with Crippen molar-refractivity contribution in [3.63, 3.8) is 0 Å². The van der Waals surface area contributed by atoms with Crippen LogP contribution in [0.25, 0.3) is 22.8 Å². The smallest absolute Gasteiger partial charge is 0.299 e. The van der Waals surface area contributed by atoms with E-state index in [1.54, 1.807) is 31.5 Å². The average molecular weight is 447 g/mol. The molecule has 0 aliphatic carbocycles. The van der Waals surface area contributed by atoms with Crippen LogP contribution < -0.4 is 15.8 Å².